The number of benzene rings is 1. The van der Waals surface area contributed by atoms with Gasteiger partial charge in [0.25, 0.3) is 0 Å². The number of amides is 4. The first-order valence-electron chi connectivity index (χ1n) is 14.8. The van der Waals surface area contributed by atoms with E-state index in [1.807, 2.05) is 0 Å². The maximum atomic E-state index is 13.9. The Morgan fingerprint density at radius 1 is 0.889 bits per heavy atom. The van der Waals surface area contributed by atoms with E-state index in [2.05, 4.69) is 15.4 Å². The van der Waals surface area contributed by atoms with Gasteiger partial charge in [0.15, 0.2) is 0 Å². The van der Waals surface area contributed by atoms with Crippen molar-refractivity contribution in [1.29, 1.82) is 0 Å². The Balaban J connectivity index is 3.37. The van der Waals surface area contributed by atoms with Gasteiger partial charge in [-0.25, -0.2) is 9.59 Å². The number of nitrogens with zero attached hydrogens (tertiary/aromatic N) is 1. The SMILES string of the molecule is COC(=O)CCCCCNC(=O)[C@@H](C)NC(=O)C(Cc1c(OC)cc(O)cc1OC)N(C(=O)OCC(C)C)C(=O)OC(C)(C)C. The highest BCUT2D eigenvalue weighted by Gasteiger charge is 2.41. The van der Waals surface area contributed by atoms with Crippen LogP contribution in [0.1, 0.15) is 72.8 Å². The van der Waals surface area contributed by atoms with Gasteiger partial charge in [-0.3, -0.25) is 14.4 Å². The van der Waals surface area contributed by atoms with Crippen molar-refractivity contribution in [3.05, 3.63) is 17.7 Å². The Bertz CT molecular complexity index is 1140. The van der Waals surface area contributed by atoms with E-state index < -0.39 is 41.7 Å². The van der Waals surface area contributed by atoms with Gasteiger partial charge in [0, 0.05) is 37.1 Å². The Kier molecular flexibility index (Phi) is 16.0. The lowest BCUT2D eigenvalue weighted by atomic mass is 10.0. The van der Waals surface area contributed by atoms with Crippen molar-refractivity contribution in [1.82, 2.24) is 15.5 Å². The lowest BCUT2D eigenvalue weighted by Crippen LogP contribution is -2.57. The van der Waals surface area contributed by atoms with Crippen LogP contribution in [0.5, 0.6) is 17.2 Å². The smallest absolute Gasteiger partial charge is 0.420 e. The number of methoxy groups -OCH3 is 3. The second-order valence-electron chi connectivity index (χ2n) is 11.8. The molecular weight excluding hydrogens is 590 g/mol. The Morgan fingerprint density at radius 2 is 1.49 bits per heavy atom. The summed E-state index contributed by atoms with van der Waals surface area (Å²) in [5.41, 5.74) is -0.778. The molecule has 254 valence electrons. The van der Waals surface area contributed by atoms with E-state index in [1.165, 1.54) is 40.4 Å². The number of carbonyl (C=O) groups is 5. The van der Waals surface area contributed by atoms with Crippen LogP contribution in [0, 0.1) is 5.92 Å². The van der Waals surface area contributed by atoms with Crippen molar-refractivity contribution in [2.75, 3.05) is 34.5 Å². The summed E-state index contributed by atoms with van der Waals surface area (Å²) in [7, 11) is 4.01. The minimum atomic E-state index is -1.60. The fourth-order valence-electron chi connectivity index (χ4n) is 4.03. The number of rotatable bonds is 16. The summed E-state index contributed by atoms with van der Waals surface area (Å²) in [6.45, 7) is 10.1. The summed E-state index contributed by atoms with van der Waals surface area (Å²) in [5, 5.41) is 15.4. The average Bonchev–Trinajstić information content (AvgIpc) is 2.96. The fraction of sp³-hybridized carbons (Fsp3) is 0.645. The van der Waals surface area contributed by atoms with Crippen LogP contribution in [0.25, 0.3) is 0 Å². The monoisotopic (exact) mass is 639 g/mol. The molecule has 0 aliphatic rings. The van der Waals surface area contributed by atoms with E-state index in [9.17, 15) is 29.1 Å². The minimum absolute atomic E-state index is 0.0449. The number of ether oxygens (including phenoxy) is 5. The van der Waals surface area contributed by atoms with Crippen LogP contribution in [-0.4, -0.2) is 92.1 Å². The molecule has 45 heavy (non-hydrogen) atoms. The van der Waals surface area contributed by atoms with Gasteiger partial charge in [-0.2, -0.15) is 4.90 Å². The molecule has 2 atom stereocenters. The number of hydrogen-bond donors (Lipinski definition) is 3. The number of esters is 1. The molecule has 14 heteroatoms. The van der Waals surface area contributed by atoms with Gasteiger partial charge >= 0.3 is 18.2 Å². The molecule has 0 bridgehead atoms. The molecule has 0 radical (unpaired) electrons. The third-order valence-corrected chi connectivity index (χ3v) is 6.27. The van der Waals surface area contributed by atoms with Crippen LogP contribution in [0.4, 0.5) is 9.59 Å². The lowest BCUT2D eigenvalue weighted by molar-refractivity contribution is -0.140. The van der Waals surface area contributed by atoms with Gasteiger partial charge in [-0.05, 0) is 46.5 Å². The second kappa shape index (κ2) is 18.5. The molecule has 0 aliphatic heterocycles. The molecule has 14 nitrogen and oxygen atoms in total. The van der Waals surface area contributed by atoms with Crippen LogP contribution in [-0.2, 0) is 35.0 Å². The third kappa shape index (κ3) is 13.5. The van der Waals surface area contributed by atoms with E-state index in [1.54, 1.807) is 34.6 Å². The predicted molar refractivity (Wildman–Crippen MR) is 164 cm³/mol. The van der Waals surface area contributed by atoms with Crippen molar-refractivity contribution in [2.45, 2.75) is 91.3 Å². The zero-order chi connectivity index (χ0) is 34.3. The molecule has 1 rings (SSSR count). The van der Waals surface area contributed by atoms with Crippen LogP contribution >= 0.6 is 0 Å². The number of nitrogens with one attached hydrogen (secondary N) is 2. The van der Waals surface area contributed by atoms with Gasteiger partial charge in [-0.1, -0.05) is 20.3 Å². The molecule has 0 heterocycles. The molecule has 0 aliphatic carbocycles. The normalized spacial score (nSPS) is 12.4. The maximum Gasteiger partial charge on any atom is 0.420 e. The molecule has 0 spiro atoms. The largest absolute Gasteiger partial charge is 0.508 e. The summed E-state index contributed by atoms with van der Waals surface area (Å²) in [6, 6.07) is -0.0716. The molecule has 3 N–H and O–H groups in total. The number of hydrogen-bond acceptors (Lipinski definition) is 11. The first-order chi connectivity index (χ1) is 21.0. The number of phenols is 1. The highest BCUT2D eigenvalue weighted by Crippen LogP contribution is 2.35. The number of phenolic OH excluding ortho intramolecular Hbond substituents is 1. The number of imide groups is 1. The topological polar surface area (TPSA) is 179 Å². The molecule has 1 unspecified atom stereocenters. The quantitative estimate of drug-likeness (QED) is 0.136. The molecule has 1 aromatic rings. The van der Waals surface area contributed by atoms with Crippen molar-refractivity contribution < 1.29 is 52.8 Å². The molecule has 1 aromatic carbocycles. The standard InChI is InChI=1S/C31H49N3O11/c1-19(2)18-44-29(39)34(30(40)45-31(4,5)6)23(17-22-24(41-7)15-21(35)16-25(22)42-8)28(38)33-20(3)27(37)32-14-12-10-11-13-26(36)43-9/h15-16,19-20,23,35H,10-14,17-18H2,1-9H3,(H,32,37)(H,33,38)/t20-,23?/m1/s1. The number of unbranched alkanes of at least 4 members (excludes halogenated alkanes) is 2. The van der Waals surface area contributed by atoms with Crippen LogP contribution in [0.15, 0.2) is 12.1 Å². The molecule has 0 saturated heterocycles. The van der Waals surface area contributed by atoms with Gasteiger partial charge < -0.3 is 39.4 Å². The van der Waals surface area contributed by atoms with Gasteiger partial charge in [-0.15, -0.1) is 0 Å². The summed E-state index contributed by atoms with van der Waals surface area (Å²) < 4.78 is 26.3. The Labute approximate surface area is 265 Å². The van der Waals surface area contributed by atoms with E-state index in [-0.39, 0.29) is 54.1 Å². The summed E-state index contributed by atoms with van der Waals surface area (Å²) in [5.74, 6) is -1.67. The van der Waals surface area contributed by atoms with E-state index in [0.29, 0.717) is 30.7 Å². The summed E-state index contributed by atoms with van der Waals surface area (Å²) >= 11 is 0. The highest BCUT2D eigenvalue weighted by molar-refractivity contribution is 5.97. The van der Waals surface area contributed by atoms with Gasteiger partial charge in [0.05, 0.1) is 27.9 Å². The van der Waals surface area contributed by atoms with Crippen molar-refractivity contribution in [3.8, 4) is 17.2 Å². The first kappa shape index (κ1) is 38.8. The second-order valence-corrected chi connectivity index (χ2v) is 11.8. The first-order valence-corrected chi connectivity index (χ1v) is 14.8. The zero-order valence-corrected chi connectivity index (χ0v) is 27.8. The minimum Gasteiger partial charge on any atom is -0.508 e. The molecule has 0 fully saturated rings. The number of aromatic hydroxyl groups is 1. The number of carbonyl (C=O) groups excluding carboxylic acids is 5. The average molecular weight is 640 g/mol. The van der Waals surface area contributed by atoms with Crippen LogP contribution < -0.4 is 20.1 Å². The van der Waals surface area contributed by atoms with Crippen LogP contribution in [0.2, 0.25) is 0 Å². The predicted octanol–water partition coefficient (Wildman–Crippen LogP) is 3.70. The maximum absolute atomic E-state index is 13.9. The zero-order valence-electron chi connectivity index (χ0n) is 27.8. The van der Waals surface area contributed by atoms with E-state index in [4.69, 9.17) is 18.9 Å². The van der Waals surface area contributed by atoms with E-state index in [0.717, 1.165) is 0 Å². The van der Waals surface area contributed by atoms with Crippen LogP contribution in [0.3, 0.4) is 0 Å². The fourth-order valence-corrected chi connectivity index (χ4v) is 4.03. The summed E-state index contributed by atoms with van der Waals surface area (Å²) in [4.78, 5) is 65.4. The molecule has 4 amide bonds. The molecule has 0 saturated carbocycles. The summed E-state index contributed by atoms with van der Waals surface area (Å²) in [6.07, 6.45) is -0.450. The van der Waals surface area contributed by atoms with Gasteiger partial charge in [0.2, 0.25) is 11.8 Å². The lowest BCUT2D eigenvalue weighted by Gasteiger charge is -2.32. The van der Waals surface area contributed by atoms with Crippen molar-refractivity contribution in [2.24, 2.45) is 5.92 Å². The van der Waals surface area contributed by atoms with Gasteiger partial charge in [0.1, 0.15) is 34.9 Å². The molecular formula is C31H49N3O11. The van der Waals surface area contributed by atoms with Crippen molar-refractivity contribution >= 4 is 30.0 Å². The Morgan fingerprint density at radius 3 is 2.00 bits per heavy atom. The highest BCUT2D eigenvalue weighted by atomic mass is 16.6. The third-order valence-electron chi connectivity index (χ3n) is 6.27. The van der Waals surface area contributed by atoms with Crippen molar-refractivity contribution in [3.63, 3.8) is 0 Å². The Hall–Kier alpha value is -4.23. The van der Waals surface area contributed by atoms with E-state index >= 15 is 0 Å². The molecule has 0 aromatic heterocycles.